The van der Waals surface area contributed by atoms with Crippen molar-refractivity contribution in [2.24, 2.45) is 59.2 Å². The second-order valence-corrected chi connectivity index (χ2v) is 25.0. The summed E-state index contributed by atoms with van der Waals surface area (Å²) in [6.07, 6.45) is 14.0. The van der Waals surface area contributed by atoms with Gasteiger partial charge in [0.15, 0.2) is 0 Å². The summed E-state index contributed by atoms with van der Waals surface area (Å²) in [5, 5.41) is 6.34. The fraction of sp³-hybridized carbons (Fsp3) is 0.677. The maximum atomic E-state index is 2.81. The third-order valence-electron chi connectivity index (χ3n) is 13.7. The van der Waals surface area contributed by atoms with E-state index in [1.165, 1.54) is 38.5 Å². The van der Waals surface area contributed by atoms with Crippen molar-refractivity contribution < 1.29 is 0 Å². The molecule has 0 heteroatoms. The van der Waals surface area contributed by atoms with E-state index in [1.54, 1.807) is 99.4 Å². The van der Waals surface area contributed by atoms with E-state index in [9.17, 15) is 0 Å². The Hall–Kier alpha value is -2.60. The first-order chi connectivity index (χ1) is 29.0. The lowest BCUT2D eigenvalue weighted by molar-refractivity contribution is 0.577. The third kappa shape index (κ3) is 11.6. The molecular weight excluding hydrogens is 745 g/mol. The summed E-state index contributed by atoms with van der Waals surface area (Å²) in [5.74, 6) is 6.17. The number of hydrogen-bond donors (Lipinski definition) is 0. The standard InChI is InChI=1S/C62H96/c1-35(2)21-45-46(22-36(3)4)50(26-40(11)12)56-32-60-54(30-44(19)20)62-34-58-52(28-42(15)16)48(24-38(7)8)47(23-37(5)6)51(27-41(13)14)57(58)33-61(62)53(29-43(17)18)59(60)31-55(56)49(45)25-39(9)10/h31-32,35-44H,21-30,33-34H2,1-20H3. The molecule has 0 spiro atoms. The summed E-state index contributed by atoms with van der Waals surface area (Å²) in [6.45, 7) is 49.3. The van der Waals surface area contributed by atoms with Crippen LogP contribution in [0.3, 0.4) is 0 Å². The largest absolute Gasteiger partial charge is 0.0625 e. The molecule has 62 heavy (non-hydrogen) atoms. The lowest BCUT2D eigenvalue weighted by Crippen LogP contribution is -2.24. The van der Waals surface area contributed by atoms with Crippen molar-refractivity contribution in [1.29, 1.82) is 0 Å². The Bertz CT molecular complexity index is 2000. The molecule has 344 valence electrons. The molecule has 0 aliphatic heterocycles. The van der Waals surface area contributed by atoms with E-state index in [0.717, 1.165) is 38.5 Å². The SMILES string of the molecule is CC(C)Cc1c2c(c(CC(C)C)c(CC(C)C)c1CC(C)C)Cc1c(c(CC(C)C)c3cc4c(CC(C)C)c(CC(C)C)c(CC(C)C)c(CC(C)C)c4cc3c1CC(C)C)C2. The van der Waals surface area contributed by atoms with E-state index in [-0.39, 0.29) is 0 Å². The van der Waals surface area contributed by atoms with Gasteiger partial charge in [-0.05, 0) is 248 Å². The van der Waals surface area contributed by atoms with Crippen LogP contribution in [0.4, 0.5) is 0 Å². The fourth-order valence-corrected chi connectivity index (χ4v) is 11.8. The first-order valence-electron chi connectivity index (χ1n) is 26.2. The summed E-state index contributed by atoms with van der Waals surface area (Å²) in [4.78, 5) is 0. The average Bonchev–Trinajstić information content (AvgIpc) is 3.12. The highest BCUT2D eigenvalue weighted by Gasteiger charge is 2.33. The number of rotatable bonds is 20. The van der Waals surface area contributed by atoms with Crippen LogP contribution in [-0.4, -0.2) is 0 Å². The average molecular weight is 841 g/mol. The molecule has 0 amide bonds. The predicted molar refractivity (Wildman–Crippen MR) is 279 cm³/mol. The van der Waals surface area contributed by atoms with Gasteiger partial charge < -0.3 is 0 Å². The van der Waals surface area contributed by atoms with Gasteiger partial charge in [-0.25, -0.2) is 0 Å². The molecule has 0 atom stereocenters. The van der Waals surface area contributed by atoms with Crippen molar-refractivity contribution in [1.82, 2.24) is 0 Å². The van der Waals surface area contributed by atoms with Crippen LogP contribution in [0, 0.1) is 59.2 Å². The van der Waals surface area contributed by atoms with Gasteiger partial charge in [0.05, 0.1) is 0 Å². The van der Waals surface area contributed by atoms with Crippen molar-refractivity contribution in [2.45, 2.75) is 216 Å². The molecule has 0 N–H and O–H groups in total. The van der Waals surface area contributed by atoms with Gasteiger partial charge in [0.1, 0.15) is 0 Å². The van der Waals surface area contributed by atoms with Crippen LogP contribution in [-0.2, 0) is 77.0 Å². The predicted octanol–water partition coefficient (Wildman–Crippen LogP) is 17.5. The molecule has 1 aliphatic rings. The third-order valence-corrected chi connectivity index (χ3v) is 13.7. The van der Waals surface area contributed by atoms with Gasteiger partial charge >= 0.3 is 0 Å². The minimum Gasteiger partial charge on any atom is -0.0625 e. The molecule has 0 radical (unpaired) electrons. The molecule has 0 saturated carbocycles. The Balaban J connectivity index is 2.06. The Morgan fingerprint density at radius 3 is 0.629 bits per heavy atom. The highest BCUT2D eigenvalue weighted by Crippen LogP contribution is 2.47. The molecule has 0 saturated heterocycles. The molecular formula is C62H96. The lowest BCUT2D eigenvalue weighted by Gasteiger charge is -2.36. The van der Waals surface area contributed by atoms with E-state index in [2.05, 4.69) is 151 Å². The minimum absolute atomic E-state index is 0.587. The van der Waals surface area contributed by atoms with Crippen LogP contribution in [0.25, 0.3) is 21.5 Å². The van der Waals surface area contributed by atoms with E-state index < -0.39 is 0 Å². The van der Waals surface area contributed by atoms with Gasteiger partial charge in [-0.15, -0.1) is 0 Å². The molecule has 0 aromatic heterocycles. The topological polar surface area (TPSA) is 0 Å². The second-order valence-electron chi connectivity index (χ2n) is 25.0. The Kier molecular flexibility index (Phi) is 17.2. The first kappa shape index (κ1) is 50.4. The summed E-state index contributed by atoms with van der Waals surface area (Å²) < 4.78 is 0. The van der Waals surface area contributed by atoms with Crippen molar-refractivity contribution in [3.8, 4) is 0 Å². The lowest BCUT2D eigenvalue weighted by atomic mass is 9.69. The maximum absolute atomic E-state index is 2.81. The van der Waals surface area contributed by atoms with E-state index in [4.69, 9.17) is 0 Å². The molecule has 1 aliphatic carbocycles. The Morgan fingerprint density at radius 2 is 0.387 bits per heavy atom. The van der Waals surface area contributed by atoms with E-state index >= 15 is 0 Å². The highest BCUT2D eigenvalue weighted by molar-refractivity contribution is 6.05. The van der Waals surface area contributed by atoms with Gasteiger partial charge in [0.2, 0.25) is 0 Å². The summed E-state index contributed by atoms with van der Waals surface area (Å²) in [7, 11) is 0. The Labute approximate surface area is 384 Å². The Morgan fingerprint density at radius 1 is 0.226 bits per heavy atom. The van der Waals surface area contributed by atoms with Gasteiger partial charge in [0.25, 0.3) is 0 Å². The monoisotopic (exact) mass is 841 g/mol. The molecule has 0 bridgehead atoms. The molecule has 4 aromatic carbocycles. The van der Waals surface area contributed by atoms with Crippen LogP contribution < -0.4 is 0 Å². The quantitative estimate of drug-likeness (QED) is 0.0685. The zero-order valence-electron chi connectivity index (χ0n) is 44.4. The zero-order valence-corrected chi connectivity index (χ0v) is 44.4. The van der Waals surface area contributed by atoms with Gasteiger partial charge in [0, 0.05) is 0 Å². The molecule has 0 heterocycles. The number of benzene rings is 4. The number of fused-ring (bicyclic) bond motifs is 4. The van der Waals surface area contributed by atoms with Crippen LogP contribution in [0.15, 0.2) is 12.1 Å². The van der Waals surface area contributed by atoms with E-state index in [1.807, 2.05) is 0 Å². The second kappa shape index (κ2) is 21.1. The van der Waals surface area contributed by atoms with Crippen LogP contribution in [0.5, 0.6) is 0 Å². The minimum atomic E-state index is 0.587. The van der Waals surface area contributed by atoms with Crippen LogP contribution >= 0.6 is 0 Å². The molecule has 0 nitrogen and oxygen atoms in total. The summed E-state index contributed by atoms with van der Waals surface area (Å²) in [5.41, 5.74) is 24.0. The summed E-state index contributed by atoms with van der Waals surface area (Å²) in [6, 6.07) is 5.61. The van der Waals surface area contributed by atoms with E-state index in [0.29, 0.717) is 59.2 Å². The zero-order chi connectivity index (χ0) is 46.1. The molecule has 5 rings (SSSR count). The van der Waals surface area contributed by atoms with Crippen molar-refractivity contribution in [3.63, 3.8) is 0 Å². The van der Waals surface area contributed by atoms with Gasteiger partial charge in [-0.2, -0.15) is 0 Å². The van der Waals surface area contributed by atoms with Crippen LogP contribution in [0.2, 0.25) is 0 Å². The van der Waals surface area contributed by atoms with Gasteiger partial charge in [-0.1, -0.05) is 138 Å². The van der Waals surface area contributed by atoms with Crippen molar-refractivity contribution in [3.05, 3.63) is 90.0 Å². The smallest absolute Gasteiger partial charge is 0.00141 e. The maximum Gasteiger partial charge on any atom is -0.00141 e. The van der Waals surface area contributed by atoms with Crippen molar-refractivity contribution >= 4 is 21.5 Å². The summed E-state index contributed by atoms with van der Waals surface area (Å²) >= 11 is 0. The first-order valence-corrected chi connectivity index (χ1v) is 26.2. The van der Waals surface area contributed by atoms with Gasteiger partial charge in [-0.3, -0.25) is 0 Å². The molecule has 0 fully saturated rings. The van der Waals surface area contributed by atoms with Crippen molar-refractivity contribution in [2.75, 3.05) is 0 Å². The number of hydrogen-bond acceptors (Lipinski definition) is 0. The van der Waals surface area contributed by atoms with Crippen LogP contribution in [0.1, 0.15) is 216 Å². The molecule has 0 unspecified atom stereocenters. The highest BCUT2D eigenvalue weighted by atomic mass is 14.4. The fourth-order valence-electron chi connectivity index (χ4n) is 11.8. The normalized spacial score (nSPS) is 13.5. The molecule has 4 aromatic rings.